The highest BCUT2D eigenvalue weighted by atomic mass is 32.2. The minimum atomic E-state index is -1.06. The first-order valence-electron chi connectivity index (χ1n) is 6.89. The number of nitrogens with one attached hydrogen (secondary N) is 3. The molecule has 21 heavy (non-hydrogen) atoms. The summed E-state index contributed by atoms with van der Waals surface area (Å²) in [6.45, 7) is 4.75. The third kappa shape index (κ3) is 10.9. The maximum absolute atomic E-state index is 11.5. The third-order valence-corrected chi connectivity index (χ3v) is 3.20. The minimum Gasteiger partial charge on any atom is -0.480 e. The summed E-state index contributed by atoms with van der Waals surface area (Å²) in [6.07, 6.45) is 2.40. The standard InChI is InChI=1S/C13H25N3O4S/c1-9(2)8-15-11(17)4-6-14-13(20)16-10(12(18)19)5-7-21-3/h9-10H,4-8H2,1-3H3,(H,15,17)(H,18,19)(H2,14,16,20)/t10-/m0/s1. The molecule has 0 spiro atoms. The van der Waals surface area contributed by atoms with Crippen molar-refractivity contribution in [2.45, 2.75) is 32.7 Å². The van der Waals surface area contributed by atoms with E-state index in [0.717, 1.165) is 0 Å². The van der Waals surface area contributed by atoms with Gasteiger partial charge in [-0.05, 0) is 24.3 Å². The van der Waals surface area contributed by atoms with Crippen LogP contribution in [0, 0.1) is 5.92 Å². The Kier molecular flexibility index (Phi) is 10.5. The van der Waals surface area contributed by atoms with Crippen LogP contribution in [0.15, 0.2) is 0 Å². The number of rotatable bonds is 10. The van der Waals surface area contributed by atoms with Gasteiger partial charge in [-0.25, -0.2) is 9.59 Å². The van der Waals surface area contributed by atoms with Crippen LogP contribution in [0.5, 0.6) is 0 Å². The van der Waals surface area contributed by atoms with E-state index in [-0.39, 0.29) is 18.9 Å². The van der Waals surface area contributed by atoms with Gasteiger partial charge in [0.2, 0.25) is 5.91 Å². The number of carbonyl (C=O) groups is 3. The van der Waals surface area contributed by atoms with Crippen LogP contribution in [0.1, 0.15) is 26.7 Å². The van der Waals surface area contributed by atoms with Crippen LogP contribution in [0.25, 0.3) is 0 Å². The summed E-state index contributed by atoms with van der Waals surface area (Å²) >= 11 is 1.52. The fourth-order valence-corrected chi connectivity index (χ4v) is 1.87. The molecule has 0 aromatic carbocycles. The van der Waals surface area contributed by atoms with Gasteiger partial charge in [-0.1, -0.05) is 13.8 Å². The molecule has 8 heteroatoms. The third-order valence-electron chi connectivity index (χ3n) is 2.56. The van der Waals surface area contributed by atoms with Crippen LogP contribution in [0.3, 0.4) is 0 Å². The van der Waals surface area contributed by atoms with Gasteiger partial charge in [-0.3, -0.25) is 4.79 Å². The van der Waals surface area contributed by atoms with Gasteiger partial charge in [0, 0.05) is 19.5 Å². The predicted octanol–water partition coefficient (Wildman–Crippen LogP) is 0.654. The molecular weight excluding hydrogens is 294 g/mol. The molecule has 0 saturated heterocycles. The molecule has 0 aromatic heterocycles. The van der Waals surface area contributed by atoms with E-state index in [1.807, 2.05) is 20.1 Å². The van der Waals surface area contributed by atoms with E-state index in [2.05, 4.69) is 16.0 Å². The van der Waals surface area contributed by atoms with E-state index in [9.17, 15) is 14.4 Å². The molecule has 0 aliphatic rings. The number of thioether (sulfide) groups is 1. The van der Waals surface area contributed by atoms with Gasteiger partial charge in [-0.15, -0.1) is 0 Å². The van der Waals surface area contributed by atoms with Crippen molar-refractivity contribution in [1.29, 1.82) is 0 Å². The Balaban J connectivity index is 3.91. The zero-order valence-corrected chi connectivity index (χ0v) is 13.6. The van der Waals surface area contributed by atoms with Crippen molar-refractivity contribution in [2.24, 2.45) is 5.92 Å². The molecule has 0 aromatic rings. The summed E-state index contributed by atoms with van der Waals surface area (Å²) in [5.41, 5.74) is 0. The van der Waals surface area contributed by atoms with Crippen molar-refractivity contribution < 1.29 is 19.5 Å². The van der Waals surface area contributed by atoms with E-state index < -0.39 is 18.0 Å². The van der Waals surface area contributed by atoms with Crippen molar-refractivity contribution in [3.8, 4) is 0 Å². The van der Waals surface area contributed by atoms with Gasteiger partial charge < -0.3 is 21.1 Å². The number of carboxylic acid groups (broad SMARTS) is 1. The Morgan fingerprint density at radius 3 is 2.38 bits per heavy atom. The van der Waals surface area contributed by atoms with Gasteiger partial charge in [0.15, 0.2) is 0 Å². The van der Waals surface area contributed by atoms with Crippen LogP contribution in [0.2, 0.25) is 0 Å². The number of hydrogen-bond acceptors (Lipinski definition) is 4. The molecule has 4 N–H and O–H groups in total. The Morgan fingerprint density at radius 1 is 1.19 bits per heavy atom. The first kappa shape index (κ1) is 19.6. The monoisotopic (exact) mass is 319 g/mol. The van der Waals surface area contributed by atoms with Gasteiger partial charge in [0.25, 0.3) is 0 Å². The van der Waals surface area contributed by atoms with Gasteiger partial charge in [-0.2, -0.15) is 11.8 Å². The summed E-state index contributed by atoms with van der Waals surface area (Å²) in [4.78, 5) is 33.9. The van der Waals surface area contributed by atoms with Crippen molar-refractivity contribution >= 4 is 29.7 Å². The molecular formula is C13H25N3O4S. The molecule has 0 rings (SSSR count). The lowest BCUT2D eigenvalue weighted by atomic mass is 10.2. The summed E-state index contributed by atoms with van der Waals surface area (Å²) in [7, 11) is 0. The van der Waals surface area contributed by atoms with Crippen LogP contribution >= 0.6 is 11.8 Å². The number of carboxylic acids is 1. The van der Waals surface area contributed by atoms with Crippen molar-refractivity contribution in [2.75, 3.05) is 25.1 Å². The smallest absolute Gasteiger partial charge is 0.326 e. The number of carbonyl (C=O) groups excluding carboxylic acids is 2. The maximum Gasteiger partial charge on any atom is 0.326 e. The second-order valence-corrected chi connectivity index (χ2v) is 6.01. The highest BCUT2D eigenvalue weighted by molar-refractivity contribution is 7.98. The highest BCUT2D eigenvalue weighted by Crippen LogP contribution is 2.00. The fraction of sp³-hybridized carbons (Fsp3) is 0.769. The second-order valence-electron chi connectivity index (χ2n) is 5.02. The minimum absolute atomic E-state index is 0.138. The fourth-order valence-electron chi connectivity index (χ4n) is 1.40. The first-order chi connectivity index (χ1) is 9.86. The molecule has 0 aliphatic heterocycles. The van der Waals surface area contributed by atoms with Gasteiger partial charge in [0.1, 0.15) is 6.04 Å². The van der Waals surface area contributed by atoms with Crippen molar-refractivity contribution in [1.82, 2.24) is 16.0 Å². The van der Waals surface area contributed by atoms with Crippen LogP contribution < -0.4 is 16.0 Å². The normalized spacial score (nSPS) is 11.8. The molecule has 0 aliphatic carbocycles. The zero-order chi connectivity index (χ0) is 16.3. The van der Waals surface area contributed by atoms with Crippen LogP contribution in [0.4, 0.5) is 4.79 Å². The van der Waals surface area contributed by atoms with E-state index >= 15 is 0 Å². The molecule has 3 amide bonds. The lowest BCUT2D eigenvalue weighted by Gasteiger charge is -2.14. The number of aliphatic carboxylic acids is 1. The van der Waals surface area contributed by atoms with E-state index in [4.69, 9.17) is 5.11 Å². The Hall–Kier alpha value is -1.44. The molecule has 122 valence electrons. The Morgan fingerprint density at radius 2 is 1.86 bits per heavy atom. The number of amides is 3. The molecule has 7 nitrogen and oxygen atoms in total. The number of urea groups is 1. The van der Waals surface area contributed by atoms with E-state index in [1.165, 1.54) is 11.8 Å². The predicted molar refractivity (Wildman–Crippen MR) is 83.4 cm³/mol. The van der Waals surface area contributed by atoms with E-state index in [1.54, 1.807) is 0 Å². The molecule has 0 heterocycles. The number of hydrogen-bond donors (Lipinski definition) is 4. The molecule has 0 bridgehead atoms. The molecule has 0 saturated carbocycles. The van der Waals surface area contributed by atoms with E-state index in [0.29, 0.717) is 24.6 Å². The average Bonchev–Trinajstić information content (AvgIpc) is 2.40. The first-order valence-corrected chi connectivity index (χ1v) is 8.29. The van der Waals surface area contributed by atoms with Crippen LogP contribution in [-0.2, 0) is 9.59 Å². The average molecular weight is 319 g/mol. The quantitative estimate of drug-likeness (QED) is 0.473. The summed E-state index contributed by atoms with van der Waals surface area (Å²) in [5.74, 6) is -0.178. The molecule has 1 atom stereocenters. The second kappa shape index (κ2) is 11.2. The Labute approximate surface area is 129 Å². The molecule has 0 fully saturated rings. The summed E-state index contributed by atoms with van der Waals surface area (Å²) in [5, 5.41) is 16.6. The summed E-state index contributed by atoms with van der Waals surface area (Å²) in [6, 6.07) is -1.48. The molecule has 0 unspecified atom stereocenters. The lowest BCUT2D eigenvalue weighted by molar-refractivity contribution is -0.139. The highest BCUT2D eigenvalue weighted by Gasteiger charge is 2.19. The van der Waals surface area contributed by atoms with Crippen molar-refractivity contribution in [3.05, 3.63) is 0 Å². The SMILES string of the molecule is CSCC[C@H](NC(=O)NCCC(=O)NCC(C)C)C(=O)O. The van der Waals surface area contributed by atoms with Crippen LogP contribution in [-0.4, -0.2) is 54.2 Å². The lowest BCUT2D eigenvalue weighted by Crippen LogP contribution is -2.47. The Bertz CT molecular complexity index is 350. The van der Waals surface area contributed by atoms with Gasteiger partial charge in [0.05, 0.1) is 0 Å². The van der Waals surface area contributed by atoms with Gasteiger partial charge >= 0.3 is 12.0 Å². The maximum atomic E-state index is 11.5. The van der Waals surface area contributed by atoms with Crippen molar-refractivity contribution in [3.63, 3.8) is 0 Å². The topological polar surface area (TPSA) is 108 Å². The molecule has 0 radical (unpaired) electrons. The summed E-state index contributed by atoms with van der Waals surface area (Å²) < 4.78 is 0. The zero-order valence-electron chi connectivity index (χ0n) is 12.8. The largest absolute Gasteiger partial charge is 0.480 e.